The van der Waals surface area contributed by atoms with E-state index in [1.54, 1.807) is 0 Å². The van der Waals surface area contributed by atoms with Gasteiger partial charge in [0.1, 0.15) is 0 Å². The van der Waals surface area contributed by atoms with Crippen molar-refractivity contribution in [3.8, 4) is 0 Å². The molecule has 2 rings (SSSR count). The largest absolute Gasteiger partial charge is 0.392 e. The van der Waals surface area contributed by atoms with Crippen LogP contribution in [0.5, 0.6) is 0 Å². The number of aliphatic hydroxyl groups excluding tert-OH is 1. The monoisotopic (exact) mass is 287 g/mol. The van der Waals surface area contributed by atoms with Gasteiger partial charge in [-0.1, -0.05) is 30.3 Å². The average Bonchev–Trinajstić information content (AvgIpc) is 2.48. The van der Waals surface area contributed by atoms with E-state index in [2.05, 4.69) is 5.32 Å². The molecule has 0 saturated carbocycles. The Kier molecular flexibility index (Phi) is 5.21. The van der Waals surface area contributed by atoms with Crippen molar-refractivity contribution in [1.29, 1.82) is 0 Å². The third kappa shape index (κ3) is 4.11. The minimum atomic E-state index is -0.0180. The number of carbonyl (C=O) groups is 1. The number of hydrogen-bond donors (Lipinski definition) is 2. The van der Waals surface area contributed by atoms with E-state index in [1.807, 2.05) is 55.5 Å². The highest BCUT2D eigenvalue weighted by molar-refractivity contribution is 8.00. The zero-order valence-electron chi connectivity index (χ0n) is 11.3. The fourth-order valence-electron chi connectivity index (χ4n) is 1.74. The molecule has 4 heteroatoms. The summed E-state index contributed by atoms with van der Waals surface area (Å²) in [4.78, 5) is 12.9. The summed E-state index contributed by atoms with van der Waals surface area (Å²) in [6.07, 6.45) is 0. The van der Waals surface area contributed by atoms with Gasteiger partial charge in [0, 0.05) is 10.6 Å². The second-order valence-corrected chi connectivity index (χ2v) is 5.50. The number of aryl methyl sites for hydroxylation is 1. The molecule has 0 unspecified atom stereocenters. The second kappa shape index (κ2) is 7.12. The van der Waals surface area contributed by atoms with Crippen LogP contribution in [0.1, 0.15) is 11.1 Å². The van der Waals surface area contributed by atoms with Gasteiger partial charge >= 0.3 is 0 Å². The topological polar surface area (TPSA) is 49.3 Å². The number of hydrogen-bond acceptors (Lipinski definition) is 3. The van der Waals surface area contributed by atoms with Crippen LogP contribution >= 0.6 is 11.8 Å². The molecule has 0 saturated heterocycles. The van der Waals surface area contributed by atoms with Gasteiger partial charge in [-0.2, -0.15) is 0 Å². The van der Waals surface area contributed by atoms with Gasteiger partial charge in [0.15, 0.2) is 0 Å². The van der Waals surface area contributed by atoms with E-state index in [0.29, 0.717) is 5.75 Å². The van der Waals surface area contributed by atoms with Crippen molar-refractivity contribution in [2.45, 2.75) is 18.4 Å². The molecular formula is C16H17NO2S. The molecule has 0 atom stereocenters. The summed E-state index contributed by atoms with van der Waals surface area (Å²) in [6, 6.07) is 15.3. The first-order chi connectivity index (χ1) is 9.69. The van der Waals surface area contributed by atoms with Gasteiger partial charge in [-0.15, -0.1) is 11.8 Å². The molecule has 0 aliphatic heterocycles. The quantitative estimate of drug-likeness (QED) is 0.830. The van der Waals surface area contributed by atoms with E-state index >= 15 is 0 Å². The van der Waals surface area contributed by atoms with E-state index in [-0.39, 0.29) is 12.5 Å². The zero-order chi connectivity index (χ0) is 14.4. The highest BCUT2D eigenvalue weighted by Gasteiger charge is 2.05. The fourth-order valence-corrected chi connectivity index (χ4v) is 2.44. The molecule has 3 nitrogen and oxygen atoms in total. The van der Waals surface area contributed by atoms with Crippen molar-refractivity contribution in [2.24, 2.45) is 0 Å². The Labute approximate surface area is 123 Å². The fraction of sp³-hybridized carbons (Fsp3) is 0.188. The van der Waals surface area contributed by atoms with Crippen molar-refractivity contribution in [3.05, 3.63) is 59.7 Å². The highest BCUT2D eigenvalue weighted by Crippen LogP contribution is 2.19. The zero-order valence-corrected chi connectivity index (χ0v) is 12.1. The molecule has 104 valence electrons. The normalized spacial score (nSPS) is 10.3. The summed E-state index contributed by atoms with van der Waals surface area (Å²) in [5, 5.41) is 11.9. The van der Waals surface area contributed by atoms with Gasteiger partial charge in [0.2, 0.25) is 5.91 Å². The van der Waals surface area contributed by atoms with Crippen molar-refractivity contribution in [2.75, 3.05) is 11.1 Å². The Balaban J connectivity index is 1.87. The maximum absolute atomic E-state index is 11.9. The Morgan fingerprint density at radius 1 is 1.15 bits per heavy atom. The first-order valence-electron chi connectivity index (χ1n) is 6.37. The van der Waals surface area contributed by atoms with Crippen LogP contribution in [0.3, 0.4) is 0 Å². The van der Waals surface area contributed by atoms with Crippen LogP contribution in [0.15, 0.2) is 53.4 Å². The van der Waals surface area contributed by atoms with E-state index in [9.17, 15) is 4.79 Å². The molecule has 0 radical (unpaired) electrons. The minimum absolute atomic E-state index is 0.0180. The summed E-state index contributed by atoms with van der Waals surface area (Å²) in [5.74, 6) is 0.350. The van der Waals surface area contributed by atoms with Gasteiger partial charge in [-0.05, 0) is 36.2 Å². The number of anilines is 1. The van der Waals surface area contributed by atoms with Crippen molar-refractivity contribution in [3.63, 3.8) is 0 Å². The Bertz CT molecular complexity index is 581. The maximum atomic E-state index is 11.9. The van der Waals surface area contributed by atoms with Crippen molar-refractivity contribution >= 4 is 23.4 Å². The predicted molar refractivity (Wildman–Crippen MR) is 82.9 cm³/mol. The van der Waals surface area contributed by atoms with Crippen molar-refractivity contribution in [1.82, 2.24) is 0 Å². The van der Waals surface area contributed by atoms with Crippen LogP contribution in [0.25, 0.3) is 0 Å². The van der Waals surface area contributed by atoms with Gasteiger partial charge in [-0.25, -0.2) is 0 Å². The van der Waals surface area contributed by atoms with Crippen LogP contribution in [-0.4, -0.2) is 16.8 Å². The molecule has 0 aliphatic rings. The van der Waals surface area contributed by atoms with Crippen LogP contribution in [0.4, 0.5) is 5.69 Å². The maximum Gasteiger partial charge on any atom is 0.234 e. The third-order valence-corrected chi connectivity index (χ3v) is 3.91. The van der Waals surface area contributed by atoms with E-state index in [4.69, 9.17) is 5.11 Å². The number of benzene rings is 2. The van der Waals surface area contributed by atoms with Gasteiger partial charge < -0.3 is 10.4 Å². The lowest BCUT2D eigenvalue weighted by Gasteiger charge is -2.08. The van der Waals surface area contributed by atoms with Gasteiger partial charge in [0.25, 0.3) is 0 Å². The van der Waals surface area contributed by atoms with E-state index in [1.165, 1.54) is 11.8 Å². The van der Waals surface area contributed by atoms with E-state index < -0.39 is 0 Å². The molecule has 2 aromatic carbocycles. The molecule has 0 fully saturated rings. The molecule has 0 aliphatic carbocycles. The van der Waals surface area contributed by atoms with Gasteiger partial charge in [0.05, 0.1) is 12.4 Å². The number of thioether (sulfide) groups is 1. The molecule has 2 N–H and O–H groups in total. The third-order valence-electron chi connectivity index (χ3n) is 2.90. The summed E-state index contributed by atoms with van der Waals surface area (Å²) < 4.78 is 0. The molecule has 20 heavy (non-hydrogen) atoms. The summed E-state index contributed by atoms with van der Waals surface area (Å²) in [6.45, 7) is 2.01. The van der Waals surface area contributed by atoms with Gasteiger partial charge in [-0.3, -0.25) is 4.79 Å². The number of carbonyl (C=O) groups excluding carboxylic acids is 1. The first kappa shape index (κ1) is 14.6. The minimum Gasteiger partial charge on any atom is -0.392 e. The number of nitrogens with one attached hydrogen (secondary N) is 1. The summed E-state index contributed by atoms with van der Waals surface area (Å²) >= 11 is 1.48. The number of aliphatic hydroxyl groups is 1. The standard InChI is InChI=1S/C16H17NO2S/c1-12-4-2-3-5-15(12)17-16(19)11-20-14-8-6-13(10-18)7-9-14/h2-9,18H,10-11H2,1H3,(H,17,19). The number of para-hydroxylation sites is 1. The number of rotatable bonds is 5. The SMILES string of the molecule is Cc1ccccc1NC(=O)CSc1ccc(CO)cc1. The summed E-state index contributed by atoms with van der Waals surface area (Å²) in [7, 11) is 0. The Hall–Kier alpha value is -1.78. The van der Waals surface area contributed by atoms with E-state index in [0.717, 1.165) is 21.7 Å². The second-order valence-electron chi connectivity index (χ2n) is 4.45. The lowest BCUT2D eigenvalue weighted by atomic mass is 10.2. The van der Waals surface area contributed by atoms with Crippen LogP contribution < -0.4 is 5.32 Å². The average molecular weight is 287 g/mol. The molecule has 0 spiro atoms. The Morgan fingerprint density at radius 3 is 2.50 bits per heavy atom. The lowest BCUT2D eigenvalue weighted by molar-refractivity contribution is -0.113. The van der Waals surface area contributed by atoms with Crippen LogP contribution in [-0.2, 0) is 11.4 Å². The summed E-state index contributed by atoms with van der Waals surface area (Å²) in [5.41, 5.74) is 2.78. The van der Waals surface area contributed by atoms with Crippen molar-refractivity contribution < 1.29 is 9.90 Å². The molecule has 0 bridgehead atoms. The predicted octanol–water partition coefficient (Wildman–Crippen LogP) is 3.22. The highest BCUT2D eigenvalue weighted by atomic mass is 32.2. The van der Waals surface area contributed by atoms with Crippen LogP contribution in [0.2, 0.25) is 0 Å². The Morgan fingerprint density at radius 2 is 1.85 bits per heavy atom. The number of amides is 1. The molecule has 0 heterocycles. The smallest absolute Gasteiger partial charge is 0.234 e. The molecular weight excluding hydrogens is 270 g/mol. The molecule has 2 aromatic rings. The molecule has 1 amide bonds. The molecule has 0 aromatic heterocycles. The van der Waals surface area contributed by atoms with Crippen LogP contribution in [0, 0.1) is 6.92 Å². The first-order valence-corrected chi connectivity index (χ1v) is 7.35. The lowest BCUT2D eigenvalue weighted by Crippen LogP contribution is -2.14.